The predicted octanol–water partition coefficient (Wildman–Crippen LogP) is 2.87. The number of likely N-dealkylation sites (N-methyl/N-ethyl adjacent to an activating group) is 1. The summed E-state index contributed by atoms with van der Waals surface area (Å²) < 4.78 is 0. The smallest absolute Gasteiger partial charge is 0.321 e. The van der Waals surface area contributed by atoms with E-state index in [0.29, 0.717) is 6.04 Å². The van der Waals surface area contributed by atoms with E-state index in [-0.39, 0.29) is 6.03 Å². The Balaban J connectivity index is 1.33. The van der Waals surface area contributed by atoms with E-state index in [1.165, 1.54) is 30.0 Å². The molecule has 6 nitrogen and oxygen atoms in total. The van der Waals surface area contributed by atoms with Crippen LogP contribution in [0.25, 0.3) is 0 Å². The van der Waals surface area contributed by atoms with Crippen LogP contribution in [0.3, 0.4) is 0 Å². The third-order valence-electron chi connectivity index (χ3n) is 6.48. The number of amides is 2. The second kappa shape index (κ2) is 10.0. The van der Waals surface area contributed by atoms with Crippen molar-refractivity contribution in [3.63, 3.8) is 0 Å². The summed E-state index contributed by atoms with van der Waals surface area (Å²) in [5.41, 5.74) is 2.15. The molecule has 3 aliphatic rings. The second-order valence-corrected chi connectivity index (χ2v) is 9.74. The van der Waals surface area contributed by atoms with Crippen molar-refractivity contribution in [2.24, 2.45) is 0 Å². The van der Waals surface area contributed by atoms with Gasteiger partial charge in [0.15, 0.2) is 0 Å². The van der Waals surface area contributed by atoms with Crippen LogP contribution in [0.5, 0.6) is 0 Å². The molecule has 7 heteroatoms. The number of hydrogen-bond donors (Lipinski definition) is 1. The van der Waals surface area contributed by atoms with Crippen molar-refractivity contribution in [1.29, 1.82) is 0 Å². The van der Waals surface area contributed by atoms with Crippen molar-refractivity contribution in [2.75, 3.05) is 81.1 Å². The summed E-state index contributed by atoms with van der Waals surface area (Å²) in [6.07, 6.45) is 3.52. The zero-order valence-electron chi connectivity index (χ0n) is 17.7. The molecule has 1 atom stereocenters. The van der Waals surface area contributed by atoms with E-state index in [9.17, 15) is 4.79 Å². The van der Waals surface area contributed by atoms with Gasteiger partial charge in [-0.3, -0.25) is 4.90 Å². The molecule has 3 saturated heterocycles. The van der Waals surface area contributed by atoms with Crippen molar-refractivity contribution in [1.82, 2.24) is 14.7 Å². The molecule has 0 radical (unpaired) electrons. The van der Waals surface area contributed by atoms with Crippen LogP contribution in [0.15, 0.2) is 24.3 Å². The highest BCUT2D eigenvalue weighted by molar-refractivity contribution is 7.99. The van der Waals surface area contributed by atoms with Gasteiger partial charge in [-0.2, -0.15) is 11.8 Å². The van der Waals surface area contributed by atoms with Gasteiger partial charge in [0.25, 0.3) is 0 Å². The van der Waals surface area contributed by atoms with E-state index in [0.717, 1.165) is 64.5 Å². The molecule has 1 N–H and O–H groups in total. The Morgan fingerprint density at radius 1 is 0.966 bits per heavy atom. The fourth-order valence-electron chi connectivity index (χ4n) is 4.57. The van der Waals surface area contributed by atoms with Crippen molar-refractivity contribution >= 4 is 29.2 Å². The lowest BCUT2D eigenvalue weighted by molar-refractivity contribution is 0.0948. The van der Waals surface area contributed by atoms with Crippen LogP contribution in [-0.2, 0) is 0 Å². The number of urea groups is 1. The van der Waals surface area contributed by atoms with Gasteiger partial charge in [-0.05, 0) is 44.2 Å². The van der Waals surface area contributed by atoms with E-state index in [4.69, 9.17) is 0 Å². The Labute approximate surface area is 179 Å². The van der Waals surface area contributed by atoms with Gasteiger partial charge >= 0.3 is 6.03 Å². The molecule has 1 aromatic carbocycles. The second-order valence-electron chi connectivity index (χ2n) is 8.51. The molecule has 29 heavy (non-hydrogen) atoms. The number of piperazine rings is 1. The lowest BCUT2D eigenvalue weighted by Crippen LogP contribution is -2.52. The van der Waals surface area contributed by atoms with Crippen LogP contribution in [0.1, 0.15) is 19.3 Å². The summed E-state index contributed by atoms with van der Waals surface area (Å²) >= 11 is 2.02. The molecule has 0 saturated carbocycles. The molecule has 0 aromatic heterocycles. The third-order valence-corrected chi connectivity index (χ3v) is 7.43. The minimum Gasteiger partial charge on any atom is -0.370 e. The van der Waals surface area contributed by atoms with Crippen LogP contribution >= 0.6 is 11.8 Å². The number of nitrogens with one attached hydrogen (secondary N) is 1. The van der Waals surface area contributed by atoms with Gasteiger partial charge in [0.1, 0.15) is 0 Å². The summed E-state index contributed by atoms with van der Waals surface area (Å²) in [5.74, 6) is 2.39. The number of carbonyl (C=O) groups is 1. The lowest BCUT2D eigenvalue weighted by Gasteiger charge is -2.39. The Morgan fingerprint density at radius 2 is 1.69 bits per heavy atom. The molecular formula is C22H35N5OS. The molecule has 0 bridgehead atoms. The van der Waals surface area contributed by atoms with Gasteiger partial charge in [-0.15, -0.1) is 0 Å². The fourth-order valence-corrected chi connectivity index (χ4v) is 5.47. The van der Waals surface area contributed by atoms with E-state index < -0.39 is 0 Å². The molecule has 4 rings (SSSR count). The van der Waals surface area contributed by atoms with Crippen LogP contribution < -0.4 is 10.2 Å². The summed E-state index contributed by atoms with van der Waals surface area (Å²) in [7, 11) is 2.19. The fraction of sp³-hybridized carbons (Fsp3) is 0.682. The number of nitrogens with zero attached hydrogens (tertiary/aromatic N) is 4. The summed E-state index contributed by atoms with van der Waals surface area (Å²) in [6.45, 7) is 8.42. The number of rotatable bonds is 3. The predicted molar refractivity (Wildman–Crippen MR) is 123 cm³/mol. The van der Waals surface area contributed by atoms with E-state index in [1.54, 1.807) is 0 Å². The van der Waals surface area contributed by atoms with Gasteiger partial charge in [0, 0.05) is 81.3 Å². The molecular weight excluding hydrogens is 382 g/mol. The molecule has 3 heterocycles. The summed E-state index contributed by atoms with van der Waals surface area (Å²) in [4.78, 5) is 22.4. The highest BCUT2D eigenvalue weighted by Crippen LogP contribution is 2.22. The van der Waals surface area contributed by atoms with Gasteiger partial charge in [-0.1, -0.05) is 6.42 Å². The average Bonchev–Trinajstić information content (AvgIpc) is 3.02. The Bertz CT molecular complexity index is 656. The Morgan fingerprint density at radius 3 is 2.41 bits per heavy atom. The SMILES string of the molecule is CN1CCN(C2CCCCN(C(=O)Nc3ccc(N4CCSCC4)cc3)C2)CC1. The molecule has 1 aromatic rings. The first-order valence-corrected chi connectivity index (χ1v) is 12.3. The van der Waals surface area contributed by atoms with Gasteiger partial charge in [-0.25, -0.2) is 4.79 Å². The molecule has 3 fully saturated rings. The van der Waals surface area contributed by atoms with Crippen LogP contribution in [0, 0.1) is 0 Å². The van der Waals surface area contributed by atoms with Crippen molar-refractivity contribution in [3.8, 4) is 0 Å². The highest BCUT2D eigenvalue weighted by Gasteiger charge is 2.28. The number of carbonyl (C=O) groups excluding carboxylic acids is 1. The standard InChI is InChI=1S/C22H35N5OS/c1-24-10-12-25(13-11-24)21-4-2-3-9-27(18-21)22(28)23-19-5-7-20(8-6-19)26-14-16-29-17-15-26/h5-8,21H,2-4,9-18H2,1H3,(H,23,28). The monoisotopic (exact) mass is 417 g/mol. The number of likely N-dealkylation sites (tertiary alicyclic amines) is 1. The minimum atomic E-state index is 0.0492. The number of thioether (sulfide) groups is 1. The first kappa shape index (κ1) is 20.8. The zero-order valence-corrected chi connectivity index (χ0v) is 18.5. The lowest BCUT2D eigenvalue weighted by atomic mass is 10.1. The molecule has 0 spiro atoms. The van der Waals surface area contributed by atoms with Crippen LogP contribution in [0.4, 0.5) is 16.2 Å². The molecule has 160 valence electrons. The maximum atomic E-state index is 13.0. The van der Waals surface area contributed by atoms with Crippen LogP contribution in [0.2, 0.25) is 0 Å². The summed E-state index contributed by atoms with van der Waals surface area (Å²) in [5, 5.41) is 3.14. The third kappa shape index (κ3) is 5.58. The largest absolute Gasteiger partial charge is 0.370 e. The van der Waals surface area contributed by atoms with E-state index in [1.807, 2.05) is 28.8 Å². The first-order valence-electron chi connectivity index (χ1n) is 11.1. The van der Waals surface area contributed by atoms with E-state index in [2.05, 4.69) is 39.2 Å². The minimum absolute atomic E-state index is 0.0492. The number of benzene rings is 1. The van der Waals surface area contributed by atoms with Crippen LogP contribution in [-0.4, -0.2) is 97.7 Å². The van der Waals surface area contributed by atoms with Crippen molar-refractivity contribution < 1.29 is 4.79 Å². The Hall–Kier alpha value is -1.44. The zero-order chi connectivity index (χ0) is 20.1. The average molecular weight is 418 g/mol. The first-order chi connectivity index (χ1) is 14.2. The molecule has 2 amide bonds. The van der Waals surface area contributed by atoms with Gasteiger partial charge in [0.05, 0.1) is 0 Å². The molecule has 0 aliphatic carbocycles. The van der Waals surface area contributed by atoms with Crippen molar-refractivity contribution in [2.45, 2.75) is 25.3 Å². The number of hydrogen-bond acceptors (Lipinski definition) is 5. The maximum Gasteiger partial charge on any atom is 0.321 e. The van der Waals surface area contributed by atoms with E-state index >= 15 is 0 Å². The Kier molecular flexibility index (Phi) is 7.21. The molecule has 1 unspecified atom stereocenters. The van der Waals surface area contributed by atoms with Gasteiger partial charge in [0.2, 0.25) is 0 Å². The quantitative estimate of drug-likeness (QED) is 0.819. The normalized spacial score (nSPS) is 24.9. The van der Waals surface area contributed by atoms with Gasteiger partial charge < -0.3 is 20.0 Å². The molecule has 3 aliphatic heterocycles. The number of anilines is 2. The van der Waals surface area contributed by atoms with Crippen molar-refractivity contribution in [3.05, 3.63) is 24.3 Å². The maximum absolute atomic E-state index is 13.0. The summed E-state index contributed by atoms with van der Waals surface area (Å²) in [6, 6.07) is 8.92. The topological polar surface area (TPSA) is 42.1 Å². The highest BCUT2D eigenvalue weighted by atomic mass is 32.2.